The van der Waals surface area contributed by atoms with E-state index in [4.69, 9.17) is 9.84 Å². The Bertz CT molecular complexity index is 238. The molecule has 1 unspecified atom stereocenters. The van der Waals surface area contributed by atoms with E-state index in [1.807, 2.05) is 0 Å². The van der Waals surface area contributed by atoms with Crippen molar-refractivity contribution in [3.05, 3.63) is 0 Å². The molecular formula is C10H17NO4. The molecule has 15 heavy (non-hydrogen) atoms. The van der Waals surface area contributed by atoms with Gasteiger partial charge in [-0.25, -0.2) is 4.79 Å². The molecule has 86 valence electrons. The Morgan fingerprint density at radius 1 is 1.53 bits per heavy atom. The summed E-state index contributed by atoms with van der Waals surface area (Å²) >= 11 is 0. The third-order valence-electron chi connectivity index (χ3n) is 2.41. The molecule has 0 bridgehead atoms. The van der Waals surface area contributed by atoms with Crippen LogP contribution in [0.4, 0.5) is 0 Å². The Balaban J connectivity index is 2.28. The minimum atomic E-state index is -1.00. The monoisotopic (exact) mass is 215 g/mol. The molecule has 5 nitrogen and oxygen atoms in total. The first-order chi connectivity index (χ1) is 7.13. The smallest absolute Gasteiger partial charge is 0.326 e. The molecule has 1 fully saturated rings. The zero-order valence-corrected chi connectivity index (χ0v) is 8.86. The molecule has 0 aromatic heterocycles. The molecule has 1 amide bonds. The largest absolute Gasteiger partial charge is 0.480 e. The minimum Gasteiger partial charge on any atom is -0.480 e. The molecule has 1 aliphatic carbocycles. The maximum absolute atomic E-state index is 11.4. The van der Waals surface area contributed by atoms with Crippen LogP contribution in [0.5, 0.6) is 0 Å². The van der Waals surface area contributed by atoms with Gasteiger partial charge in [0.15, 0.2) is 0 Å². The molecule has 2 N–H and O–H groups in total. The number of carboxylic acids is 1. The Kier molecular flexibility index (Phi) is 4.55. The van der Waals surface area contributed by atoms with Crippen LogP contribution in [-0.2, 0) is 14.3 Å². The van der Waals surface area contributed by atoms with E-state index >= 15 is 0 Å². The van der Waals surface area contributed by atoms with Crippen LogP contribution in [0, 0.1) is 5.92 Å². The Labute approximate surface area is 88.8 Å². The molecule has 0 aromatic carbocycles. The summed E-state index contributed by atoms with van der Waals surface area (Å²) in [5.41, 5.74) is 0. The van der Waals surface area contributed by atoms with Crippen molar-refractivity contribution in [3.8, 4) is 0 Å². The fourth-order valence-corrected chi connectivity index (χ4v) is 1.33. The molecule has 1 rings (SSSR count). The van der Waals surface area contributed by atoms with Crippen LogP contribution in [0.25, 0.3) is 0 Å². The number of rotatable bonds is 7. The van der Waals surface area contributed by atoms with E-state index in [1.54, 1.807) is 0 Å². The Morgan fingerprint density at radius 3 is 2.67 bits per heavy atom. The van der Waals surface area contributed by atoms with Crippen LogP contribution in [0.1, 0.15) is 25.7 Å². The first-order valence-corrected chi connectivity index (χ1v) is 5.14. The summed E-state index contributed by atoms with van der Waals surface area (Å²) in [6, 6.07) is -0.823. The van der Waals surface area contributed by atoms with Gasteiger partial charge in [0.2, 0.25) is 5.91 Å². The van der Waals surface area contributed by atoms with Crippen LogP contribution < -0.4 is 5.32 Å². The van der Waals surface area contributed by atoms with Crippen molar-refractivity contribution in [2.75, 3.05) is 13.7 Å². The summed E-state index contributed by atoms with van der Waals surface area (Å²) in [6.07, 6.45) is 2.94. The fraction of sp³-hybridized carbons (Fsp3) is 0.800. The van der Waals surface area contributed by atoms with Gasteiger partial charge in [-0.3, -0.25) is 4.79 Å². The van der Waals surface area contributed by atoms with Gasteiger partial charge in [0.25, 0.3) is 0 Å². The third kappa shape index (κ3) is 4.78. The van der Waals surface area contributed by atoms with Gasteiger partial charge in [-0.2, -0.15) is 0 Å². The Hall–Kier alpha value is -1.10. The highest BCUT2D eigenvalue weighted by Crippen LogP contribution is 2.32. The van der Waals surface area contributed by atoms with Gasteiger partial charge in [-0.05, 0) is 18.8 Å². The van der Waals surface area contributed by atoms with Gasteiger partial charge in [0.1, 0.15) is 6.04 Å². The lowest BCUT2D eigenvalue weighted by Gasteiger charge is -2.13. The quantitative estimate of drug-likeness (QED) is 0.644. The molecule has 0 saturated heterocycles. The molecule has 0 spiro atoms. The van der Waals surface area contributed by atoms with Gasteiger partial charge in [0.05, 0.1) is 0 Å². The average Bonchev–Trinajstić information content (AvgIpc) is 2.95. The predicted molar refractivity (Wildman–Crippen MR) is 53.4 cm³/mol. The fourth-order valence-electron chi connectivity index (χ4n) is 1.33. The lowest BCUT2D eigenvalue weighted by Crippen LogP contribution is -2.41. The minimum absolute atomic E-state index is 0.166. The standard InChI is InChI=1S/C10H17NO4/c1-15-5-4-8(10(13)14)11-9(12)6-7-2-3-7/h7-8H,2-6H2,1H3,(H,11,12)(H,13,14). The van der Waals surface area contributed by atoms with Crippen molar-refractivity contribution >= 4 is 11.9 Å². The average molecular weight is 215 g/mol. The molecular weight excluding hydrogens is 198 g/mol. The highest BCUT2D eigenvalue weighted by molar-refractivity contribution is 5.83. The van der Waals surface area contributed by atoms with Crippen LogP contribution >= 0.6 is 0 Å². The van der Waals surface area contributed by atoms with E-state index in [1.165, 1.54) is 7.11 Å². The maximum atomic E-state index is 11.4. The number of ether oxygens (including phenoxy) is 1. The second kappa shape index (κ2) is 5.70. The van der Waals surface area contributed by atoms with Crippen LogP contribution in [0.15, 0.2) is 0 Å². The number of hydrogen-bond donors (Lipinski definition) is 2. The molecule has 0 heterocycles. The summed E-state index contributed by atoms with van der Waals surface area (Å²) in [5, 5.41) is 11.3. The lowest BCUT2D eigenvalue weighted by molar-refractivity contribution is -0.142. The lowest BCUT2D eigenvalue weighted by atomic mass is 10.2. The molecule has 0 radical (unpaired) electrons. The molecule has 0 aliphatic heterocycles. The van der Waals surface area contributed by atoms with E-state index in [9.17, 15) is 9.59 Å². The van der Waals surface area contributed by atoms with Crippen molar-refractivity contribution in [1.29, 1.82) is 0 Å². The van der Waals surface area contributed by atoms with Gasteiger partial charge in [-0.15, -0.1) is 0 Å². The van der Waals surface area contributed by atoms with Gasteiger partial charge < -0.3 is 15.2 Å². The van der Waals surface area contributed by atoms with E-state index in [0.717, 1.165) is 12.8 Å². The van der Waals surface area contributed by atoms with Gasteiger partial charge in [0, 0.05) is 26.6 Å². The normalized spacial score (nSPS) is 17.1. The number of nitrogens with one attached hydrogen (secondary N) is 1. The highest BCUT2D eigenvalue weighted by atomic mass is 16.5. The van der Waals surface area contributed by atoms with Crippen molar-refractivity contribution in [1.82, 2.24) is 5.32 Å². The number of aliphatic carboxylic acids is 1. The van der Waals surface area contributed by atoms with Gasteiger partial charge >= 0.3 is 5.97 Å². The van der Waals surface area contributed by atoms with Gasteiger partial charge in [-0.1, -0.05) is 0 Å². The number of methoxy groups -OCH3 is 1. The number of carboxylic acid groups (broad SMARTS) is 1. The van der Waals surface area contributed by atoms with Crippen molar-refractivity contribution in [2.24, 2.45) is 5.92 Å². The summed E-state index contributed by atoms with van der Waals surface area (Å²) in [4.78, 5) is 22.1. The molecule has 1 atom stereocenters. The summed E-state index contributed by atoms with van der Waals surface area (Å²) in [6.45, 7) is 0.334. The summed E-state index contributed by atoms with van der Waals surface area (Å²) < 4.78 is 4.78. The molecule has 1 saturated carbocycles. The number of amides is 1. The van der Waals surface area contributed by atoms with Crippen LogP contribution in [0.2, 0.25) is 0 Å². The molecule has 5 heteroatoms. The predicted octanol–water partition coefficient (Wildman–Crippen LogP) is 0.392. The zero-order valence-electron chi connectivity index (χ0n) is 8.86. The number of carbonyl (C=O) groups excluding carboxylic acids is 1. The second-order valence-electron chi connectivity index (χ2n) is 3.89. The van der Waals surface area contributed by atoms with Crippen molar-refractivity contribution in [2.45, 2.75) is 31.7 Å². The third-order valence-corrected chi connectivity index (χ3v) is 2.41. The van der Waals surface area contributed by atoms with E-state index in [0.29, 0.717) is 25.4 Å². The van der Waals surface area contributed by atoms with Crippen molar-refractivity contribution < 1.29 is 19.4 Å². The van der Waals surface area contributed by atoms with E-state index < -0.39 is 12.0 Å². The summed E-state index contributed by atoms with van der Waals surface area (Å²) in [5.74, 6) is -0.695. The number of hydrogen-bond acceptors (Lipinski definition) is 3. The highest BCUT2D eigenvalue weighted by Gasteiger charge is 2.26. The second-order valence-corrected chi connectivity index (χ2v) is 3.89. The first-order valence-electron chi connectivity index (χ1n) is 5.14. The topological polar surface area (TPSA) is 75.6 Å². The zero-order chi connectivity index (χ0) is 11.3. The molecule has 1 aliphatic rings. The van der Waals surface area contributed by atoms with Crippen LogP contribution in [0.3, 0.4) is 0 Å². The van der Waals surface area contributed by atoms with E-state index in [-0.39, 0.29) is 5.91 Å². The maximum Gasteiger partial charge on any atom is 0.326 e. The Morgan fingerprint density at radius 2 is 2.20 bits per heavy atom. The van der Waals surface area contributed by atoms with Crippen molar-refractivity contribution in [3.63, 3.8) is 0 Å². The first kappa shape index (κ1) is 12.0. The van der Waals surface area contributed by atoms with Crippen LogP contribution in [-0.4, -0.2) is 36.7 Å². The number of carbonyl (C=O) groups is 2. The SMILES string of the molecule is COCCC(NC(=O)CC1CC1)C(=O)O. The summed E-state index contributed by atoms with van der Waals surface area (Å²) in [7, 11) is 1.50. The van der Waals surface area contributed by atoms with E-state index in [2.05, 4.69) is 5.32 Å². The molecule has 0 aromatic rings.